The molecule has 12 aromatic rings. The molecule has 0 amide bonds. The number of hydrogen-bond acceptors (Lipinski definition) is 3. The van der Waals surface area contributed by atoms with Crippen molar-refractivity contribution in [3.05, 3.63) is 224 Å². The second kappa shape index (κ2) is 14.6. The van der Waals surface area contributed by atoms with E-state index < -0.39 is 0 Å². The van der Waals surface area contributed by atoms with E-state index in [-0.39, 0.29) is 12.3 Å². The first-order valence-electron chi connectivity index (χ1n) is 23.8. The number of nitrogens with zero attached hydrogens (tertiary/aromatic N) is 2. The summed E-state index contributed by atoms with van der Waals surface area (Å²) in [6, 6.07) is 81.0. The Hall–Kier alpha value is -8.34. The van der Waals surface area contributed by atoms with Crippen molar-refractivity contribution in [2.24, 2.45) is 0 Å². The number of benzene rings is 11. The van der Waals surface area contributed by atoms with Crippen LogP contribution in [0, 0.1) is 0 Å². The fourth-order valence-electron chi connectivity index (χ4n) is 11.4. The Labute approximate surface area is 396 Å². The molecule has 2 aliphatic rings. The van der Waals surface area contributed by atoms with E-state index in [0.29, 0.717) is 0 Å². The zero-order valence-corrected chi connectivity index (χ0v) is 38.2. The minimum atomic E-state index is -0.264. The molecule has 68 heavy (non-hydrogen) atoms. The van der Waals surface area contributed by atoms with E-state index in [1.54, 1.807) is 0 Å². The van der Waals surface area contributed by atoms with E-state index in [2.05, 4.69) is 249 Å². The first-order chi connectivity index (χ1) is 33.4. The van der Waals surface area contributed by atoms with Gasteiger partial charge in [-0.25, -0.2) is 0 Å². The highest BCUT2D eigenvalue weighted by molar-refractivity contribution is 6.95. The minimum Gasteiger partial charge on any atom is -0.456 e. The molecule has 0 radical (unpaired) electrons. The van der Waals surface area contributed by atoms with E-state index >= 15 is 0 Å². The fraction of sp³-hybridized carbons (Fsp3) is 0.0625. The molecule has 11 aromatic carbocycles. The van der Waals surface area contributed by atoms with Crippen molar-refractivity contribution < 1.29 is 4.42 Å². The van der Waals surface area contributed by atoms with Crippen molar-refractivity contribution in [3.63, 3.8) is 0 Å². The molecule has 0 atom stereocenters. The van der Waals surface area contributed by atoms with Crippen LogP contribution in [0.4, 0.5) is 28.4 Å². The molecule has 0 aliphatic carbocycles. The Bertz CT molecular complexity index is 4020. The van der Waals surface area contributed by atoms with Gasteiger partial charge in [-0.1, -0.05) is 172 Å². The number of fused-ring (bicyclic) bond motifs is 12. The van der Waals surface area contributed by atoms with Gasteiger partial charge in [0, 0.05) is 49.8 Å². The number of rotatable bonds is 4. The highest BCUT2D eigenvalue weighted by Gasteiger charge is 2.48. The average molecular weight is 869 g/mol. The summed E-state index contributed by atoms with van der Waals surface area (Å²) in [6.07, 6.45) is 0. The van der Waals surface area contributed by atoms with Crippen LogP contribution in [0.15, 0.2) is 223 Å². The SMILES string of the molecule is CC(C)(C)c1ccc(N2c3ccc4c(oc5cc6ccccc6cc54)c3B3c4c(cc5ccccc5c42)-c2cc4ccccc4cc2N3c2ccc(-c3ccccc3)cc2)c(-c2ccccc2)c1. The second-order valence-electron chi connectivity index (χ2n) is 19.7. The number of hydrogen-bond donors (Lipinski definition) is 0. The van der Waals surface area contributed by atoms with Crippen molar-refractivity contribution in [1.29, 1.82) is 0 Å². The van der Waals surface area contributed by atoms with Crippen LogP contribution in [0.3, 0.4) is 0 Å². The molecule has 4 heteroatoms. The third kappa shape index (κ3) is 5.80. The Morgan fingerprint density at radius 2 is 0.985 bits per heavy atom. The lowest BCUT2D eigenvalue weighted by atomic mass is 9.43. The molecule has 2 aliphatic heterocycles. The molecule has 0 spiro atoms. The smallest absolute Gasteiger partial charge is 0.336 e. The Morgan fingerprint density at radius 3 is 1.71 bits per heavy atom. The molecule has 0 bridgehead atoms. The van der Waals surface area contributed by atoms with Gasteiger partial charge in [0.25, 0.3) is 0 Å². The lowest BCUT2D eigenvalue weighted by Crippen LogP contribution is -2.61. The molecule has 14 rings (SSSR count). The Morgan fingerprint density at radius 1 is 0.397 bits per heavy atom. The van der Waals surface area contributed by atoms with Crippen LogP contribution in [-0.4, -0.2) is 6.85 Å². The van der Waals surface area contributed by atoms with Gasteiger partial charge in [0.1, 0.15) is 11.2 Å². The third-order valence-corrected chi connectivity index (χ3v) is 14.7. The highest BCUT2D eigenvalue weighted by Crippen LogP contribution is 2.53. The summed E-state index contributed by atoms with van der Waals surface area (Å²) < 4.78 is 7.39. The maximum Gasteiger partial charge on any atom is 0.336 e. The van der Waals surface area contributed by atoms with E-state index in [9.17, 15) is 0 Å². The van der Waals surface area contributed by atoms with Gasteiger partial charge >= 0.3 is 6.85 Å². The lowest BCUT2D eigenvalue weighted by Gasteiger charge is -2.46. The zero-order valence-electron chi connectivity index (χ0n) is 38.2. The minimum absolute atomic E-state index is 0.0569. The maximum atomic E-state index is 7.39. The summed E-state index contributed by atoms with van der Waals surface area (Å²) in [5.41, 5.74) is 18.4. The monoisotopic (exact) mass is 868 g/mol. The van der Waals surface area contributed by atoms with Crippen LogP contribution in [0.5, 0.6) is 0 Å². The number of furan rings is 1. The van der Waals surface area contributed by atoms with Gasteiger partial charge in [0.2, 0.25) is 0 Å². The Balaban J connectivity index is 1.15. The zero-order chi connectivity index (χ0) is 45.3. The fourth-order valence-corrected chi connectivity index (χ4v) is 11.4. The molecule has 0 fully saturated rings. The summed E-state index contributed by atoms with van der Waals surface area (Å²) in [6.45, 7) is 6.66. The quantitative estimate of drug-likeness (QED) is 0.164. The molecule has 0 saturated carbocycles. The molecule has 3 nitrogen and oxygen atoms in total. The Kier molecular flexibility index (Phi) is 8.34. The first-order valence-corrected chi connectivity index (χ1v) is 23.8. The third-order valence-electron chi connectivity index (χ3n) is 14.7. The molecule has 3 heterocycles. The summed E-state index contributed by atoms with van der Waals surface area (Å²) in [4.78, 5) is 5.21. The summed E-state index contributed by atoms with van der Waals surface area (Å²) >= 11 is 0. The normalized spacial score (nSPS) is 13.1. The van der Waals surface area contributed by atoms with Gasteiger partial charge in [0.05, 0.1) is 11.4 Å². The largest absolute Gasteiger partial charge is 0.456 e. The molecule has 1 aromatic heterocycles. The van der Waals surface area contributed by atoms with Crippen molar-refractivity contribution >= 4 is 100 Å². The standard InChI is InChI=1S/C64H45BN2O/c1-64(2,3)48-28-32-56(52(39-48)42-18-8-5-9-19-42)66-57-33-31-51-54-35-44-21-11-13-23-46(44)38-59(54)68-63(51)61(57)65-60-55(36-47-24-14-15-25-50(47)62(60)66)53-34-43-20-10-12-22-45(43)37-58(53)67(65)49-29-26-41(27-30-49)40-16-6-4-7-17-40/h4-39H,1-3H3. The van der Waals surface area contributed by atoms with Crippen molar-refractivity contribution in [3.8, 4) is 33.4 Å². The van der Waals surface area contributed by atoms with Gasteiger partial charge in [-0.3, -0.25) is 0 Å². The van der Waals surface area contributed by atoms with Crippen LogP contribution in [0.2, 0.25) is 0 Å². The van der Waals surface area contributed by atoms with Crippen LogP contribution in [0.25, 0.3) is 87.6 Å². The van der Waals surface area contributed by atoms with E-state index in [4.69, 9.17) is 4.42 Å². The van der Waals surface area contributed by atoms with E-state index in [1.807, 2.05) is 0 Å². The topological polar surface area (TPSA) is 19.6 Å². The molecular weight excluding hydrogens is 824 g/mol. The van der Waals surface area contributed by atoms with Gasteiger partial charge in [-0.15, -0.1) is 0 Å². The van der Waals surface area contributed by atoms with E-state index in [0.717, 1.165) is 44.5 Å². The van der Waals surface area contributed by atoms with E-state index in [1.165, 1.54) is 88.1 Å². The summed E-state index contributed by atoms with van der Waals surface area (Å²) in [5.74, 6) is 0. The summed E-state index contributed by atoms with van der Waals surface area (Å²) in [7, 11) is 0. The average Bonchev–Trinajstić information content (AvgIpc) is 3.75. The van der Waals surface area contributed by atoms with Gasteiger partial charge < -0.3 is 14.1 Å². The van der Waals surface area contributed by atoms with Gasteiger partial charge in [-0.05, 0) is 132 Å². The molecule has 0 N–H and O–H groups in total. The lowest BCUT2D eigenvalue weighted by molar-refractivity contribution is 0.590. The first kappa shape index (κ1) is 38.9. The maximum absolute atomic E-state index is 7.39. The van der Waals surface area contributed by atoms with Gasteiger partial charge in [-0.2, -0.15) is 0 Å². The molecule has 0 unspecified atom stereocenters. The van der Waals surface area contributed by atoms with Crippen LogP contribution in [-0.2, 0) is 5.41 Å². The van der Waals surface area contributed by atoms with Crippen molar-refractivity contribution in [2.45, 2.75) is 26.2 Å². The van der Waals surface area contributed by atoms with Crippen molar-refractivity contribution in [2.75, 3.05) is 9.71 Å². The molecular formula is C64H45BN2O. The van der Waals surface area contributed by atoms with Crippen LogP contribution in [0.1, 0.15) is 26.3 Å². The predicted molar refractivity (Wildman–Crippen MR) is 290 cm³/mol. The number of anilines is 5. The van der Waals surface area contributed by atoms with Crippen LogP contribution < -0.4 is 20.6 Å². The van der Waals surface area contributed by atoms with Crippen LogP contribution >= 0.6 is 0 Å². The predicted octanol–water partition coefficient (Wildman–Crippen LogP) is 16.4. The second-order valence-corrected chi connectivity index (χ2v) is 19.7. The highest BCUT2D eigenvalue weighted by atomic mass is 16.3. The van der Waals surface area contributed by atoms with Gasteiger partial charge in [0.15, 0.2) is 0 Å². The molecule has 320 valence electrons. The summed E-state index contributed by atoms with van der Waals surface area (Å²) in [5, 5.41) is 9.44. The molecule has 0 saturated heterocycles. The van der Waals surface area contributed by atoms with Crippen molar-refractivity contribution in [1.82, 2.24) is 0 Å².